The zero-order valence-electron chi connectivity index (χ0n) is 9.66. The van der Waals surface area contributed by atoms with Crippen LogP contribution >= 0.6 is 22.6 Å². The van der Waals surface area contributed by atoms with Crippen LogP contribution in [0.5, 0.6) is 0 Å². The molecule has 1 aromatic rings. The van der Waals surface area contributed by atoms with E-state index < -0.39 is 0 Å². The maximum Gasteiger partial charge on any atom is 0.0323 e. The summed E-state index contributed by atoms with van der Waals surface area (Å²) in [7, 11) is 0. The third kappa shape index (κ3) is 3.20. The highest BCUT2D eigenvalue weighted by Crippen LogP contribution is 2.32. The second-order valence-corrected chi connectivity index (χ2v) is 6.07. The lowest BCUT2D eigenvalue weighted by atomic mass is 9.88. The van der Waals surface area contributed by atoms with Gasteiger partial charge in [0.05, 0.1) is 0 Å². The zero-order chi connectivity index (χ0) is 11.4. The molecule has 1 aliphatic rings. The van der Waals surface area contributed by atoms with Gasteiger partial charge in [-0.2, -0.15) is 0 Å². The van der Waals surface area contributed by atoms with Crippen molar-refractivity contribution in [3.05, 3.63) is 33.4 Å². The first-order valence-corrected chi connectivity index (χ1v) is 7.36. The van der Waals surface area contributed by atoms with Gasteiger partial charge in [-0.1, -0.05) is 37.8 Å². The van der Waals surface area contributed by atoms with Gasteiger partial charge in [0.25, 0.3) is 0 Å². The van der Waals surface area contributed by atoms with Crippen molar-refractivity contribution in [2.24, 2.45) is 11.7 Å². The molecule has 2 rings (SSSR count). The van der Waals surface area contributed by atoms with Crippen molar-refractivity contribution in [2.75, 3.05) is 0 Å². The highest BCUT2D eigenvalue weighted by molar-refractivity contribution is 14.1. The first kappa shape index (κ1) is 12.4. The molecular weight excluding hydrogens is 309 g/mol. The van der Waals surface area contributed by atoms with Crippen molar-refractivity contribution >= 4 is 22.6 Å². The van der Waals surface area contributed by atoms with Crippen LogP contribution in [-0.2, 0) is 0 Å². The van der Waals surface area contributed by atoms with Crippen LogP contribution in [-0.4, -0.2) is 0 Å². The van der Waals surface area contributed by atoms with Crippen LogP contribution in [0.1, 0.15) is 50.1 Å². The van der Waals surface area contributed by atoms with Gasteiger partial charge < -0.3 is 5.73 Å². The van der Waals surface area contributed by atoms with Gasteiger partial charge in [0, 0.05) is 9.61 Å². The lowest BCUT2D eigenvalue weighted by Crippen LogP contribution is -2.21. The SMILES string of the molecule is NC(c1ccc(I)cc1)C1CCCCCC1. The summed E-state index contributed by atoms with van der Waals surface area (Å²) in [6, 6.07) is 8.95. The Morgan fingerprint density at radius 3 is 2.12 bits per heavy atom. The fourth-order valence-electron chi connectivity index (χ4n) is 2.63. The second-order valence-electron chi connectivity index (χ2n) is 4.83. The Morgan fingerprint density at radius 2 is 1.56 bits per heavy atom. The zero-order valence-corrected chi connectivity index (χ0v) is 11.8. The van der Waals surface area contributed by atoms with Crippen molar-refractivity contribution < 1.29 is 0 Å². The number of hydrogen-bond acceptors (Lipinski definition) is 1. The van der Waals surface area contributed by atoms with Crippen molar-refractivity contribution in [3.63, 3.8) is 0 Å². The van der Waals surface area contributed by atoms with E-state index in [1.54, 1.807) is 0 Å². The molecule has 1 fully saturated rings. The van der Waals surface area contributed by atoms with E-state index in [9.17, 15) is 0 Å². The van der Waals surface area contributed by atoms with Gasteiger partial charge in [0.1, 0.15) is 0 Å². The van der Waals surface area contributed by atoms with Crippen LogP contribution < -0.4 is 5.73 Å². The molecule has 1 nitrogen and oxygen atoms in total. The molecule has 0 aliphatic heterocycles. The predicted octanol–water partition coefficient (Wildman–Crippen LogP) is 4.26. The first-order chi connectivity index (χ1) is 7.77. The van der Waals surface area contributed by atoms with E-state index in [-0.39, 0.29) is 6.04 Å². The lowest BCUT2D eigenvalue weighted by molar-refractivity contribution is 0.382. The molecule has 1 saturated carbocycles. The molecule has 0 heterocycles. The molecule has 1 atom stereocenters. The van der Waals surface area contributed by atoms with Gasteiger partial charge in [-0.15, -0.1) is 0 Å². The van der Waals surface area contributed by atoms with Crippen LogP contribution in [0, 0.1) is 9.49 Å². The molecule has 16 heavy (non-hydrogen) atoms. The summed E-state index contributed by atoms with van der Waals surface area (Å²) < 4.78 is 1.29. The van der Waals surface area contributed by atoms with E-state index in [0.29, 0.717) is 5.92 Å². The van der Waals surface area contributed by atoms with Crippen LogP contribution in [0.2, 0.25) is 0 Å². The molecule has 0 radical (unpaired) electrons. The topological polar surface area (TPSA) is 26.0 Å². The molecule has 0 aromatic heterocycles. The third-order valence-electron chi connectivity index (χ3n) is 3.66. The molecule has 2 N–H and O–H groups in total. The average Bonchev–Trinajstić information content (AvgIpc) is 2.57. The second kappa shape index (κ2) is 6.01. The Balaban J connectivity index is 2.04. The van der Waals surface area contributed by atoms with Gasteiger partial charge in [0.2, 0.25) is 0 Å². The molecule has 0 saturated heterocycles. The van der Waals surface area contributed by atoms with Crippen LogP contribution in [0.15, 0.2) is 24.3 Å². The van der Waals surface area contributed by atoms with Gasteiger partial charge in [-0.25, -0.2) is 0 Å². The summed E-state index contributed by atoms with van der Waals surface area (Å²) in [5, 5.41) is 0. The summed E-state index contributed by atoms with van der Waals surface area (Å²) >= 11 is 2.34. The van der Waals surface area contributed by atoms with E-state index in [4.69, 9.17) is 5.73 Å². The monoisotopic (exact) mass is 329 g/mol. The quantitative estimate of drug-likeness (QED) is 0.637. The van der Waals surface area contributed by atoms with E-state index in [2.05, 4.69) is 46.9 Å². The highest BCUT2D eigenvalue weighted by atomic mass is 127. The van der Waals surface area contributed by atoms with Crippen LogP contribution in [0.3, 0.4) is 0 Å². The minimum Gasteiger partial charge on any atom is -0.324 e. The summed E-state index contributed by atoms with van der Waals surface area (Å²) in [5.41, 5.74) is 7.70. The molecule has 0 amide bonds. The summed E-state index contributed by atoms with van der Waals surface area (Å²) in [5.74, 6) is 0.697. The summed E-state index contributed by atoms with van der Waals surface area (Å²) in [6.45, 7) is 0. The molecule has 2 heteroatoms. The maximum atomic E-state index is 6.39. The number of benzene rings is 1. The normalized spacial score (nSPS) is 20.4. The van der Waals surface area contributed by atoms with Crippen LogP contribution in [0.25, 0.3) is 0 Å². The fourth-order valence-corrected chi connectivity index (χ4v) is 2.99. The first-order valence-electron chi connectivity index (χ1n) is 6.28. The van der Waals surface area contributed by atoms with E-state index in [0.717, 1.165) is 0 Å². The lowest BCUT2D eigenvalue weighted by Gasteiger charge is -2.22. The van der Waals surface area contributed by atoms with Gasteiger partial charge in [0.15, 0.2) is 0 Å². The minimum absolute atomic E-state index is 0.245. The molecule has 1 aromatic carbocycles. The molecule has 0 spiro atoms. The summed E-state index contributed by atoms with van der Waals surface area (Å²) in [4.78, 5) is 0. The fraction of sp³-hybridized carbons (Fsp3) is 0.571. The standard InChI is InChI=1S/C14H20IN/c15-13-9-7-12(8-10-13)14(16)11-5-3-1-2-4-6-11/h7-11,14H,1-6,16H2. The Labute approximate surface area is 112 Å². The van der Waals surface area contributed by atoms with Gasteiger partial charge in [-0.3, -0.25) is 0 Å². The molecule has 1 unspecified atom stereocenters. The average molecular weight is 329 g/mol. The van der Waals surface area contributed by atoms with E-state index in [1.807, 2.05) is 0 Å². The molecular formula is C14H20IN. The number of halogens is 1. The van der Waals surface area contributed by atoms with Gasteiger partial charge in [-0.05, 0) is 59.0 Å². The third-order valence-corrected chi connectivity index (χ3v) is 4.38. The molecule has 0 bridgehead atoms. The highest BCUT2D eigenvalue weighted by Gasteiger charge is 2.20. The van der Waals surface area contributed by atoms with Crippen LogP contribution in [0.4, 0.5) is 0 Å². The van der Waals surface area contributed by atoms with E-state index >= 15 is 0 Å². The van der Waals surface area contributed by atoms with E-state index in [1.165, 1.54) is 47.7 Å². The largest absolute Gasteiger partial charge is 0.324 e. The van der Waals surface area contributed by atoms with Crippen molar-refractivity contribution in [3.8, 4) is 0 Å². The number of rotatable bonds is 2. The van der Waals surface area contributed by atoms with Crippen molar-refractivity contribution in [2.45, 2.75) is 44.6 Å². The predicted molar refractivity (Wildman–Crippen MR) is 77.3 cm³/mol. The Bertz CT molecular complexity index is 312. The maximum absolute atomic E-state index is 6.39. The molecule has 1 aliphatic carbocycles. The molecule has 88 valence electrons. The van der Waals surface area contributed by atoms with Crippen molar-refractivity contribution in [1.82, 2.24) is 0 Å². The Kier molecular flexibility index (Phi) is 4.65. The number of hydrogen-bond donors (Lipinski definition) is 1. The smallest absolute Gasteiger partial charge is 0.0323 e. The Morgan fingerprint density at radius 1 is 1.00 bits per heavy atom. The Hall–Kier alpha value is -0.0900. The van der Waals surface area contributed by atoms with Gasteiger partial charge >= 0.3 is 0 Å². The summed E-state index contributed by atoms with van der Waals surface area (Å²) in [6.07, 6.45) is 8.15. The van der Waals surface area contributed by atoms with Crippen molar-refractivity contribution in [1.29, 1.82) is 0 Å². The number of nitrogens with two attached hydrogens (primary N) is 1. The minimum atomic E-state index is 0.245.